The van der Waals surface area contributed by atoms with Crippen molar-refractivity contribution in [1.82, 2.24) is 0 Å². The highest BCUT2D eigenvalue weighted by atomic mass is 31.2. The third-order valence-electron chi connectivity index (χ3n) is 20.4. The summed E-state index contributed by atoms with van der Waals surface area (Å²) >= 11 is 0. The first-order chi connectivity index (χ1) is 51.2. The molecule has 0 radical (unpaired) electrons. The van der Waals surface area contributed by atoms with Crippen molar-refractivity contribution in [3.8, 4) is 0 Å². The second-order valence-corrected chi connectivity index (χ2v) is 35.6. The third-order valence-corrected chi connectivity index (χ3v) is 22.3. The highest BCUT2D eigenvalue weighted by Crippen LogP contribution is 2.45. The number of phosphoric acid groups is 2. The number of ether oxygens (including phenoxy) is 4. The standard InChI is InChI=1S/C87H170O17P2/c1-8-9-10-11-12-13-14-15-16-17-18-19-20-21-22-25-29-34-41-49-56-63-70-86(91)103-82(74-97-84(89)68-61-54-47-40-33-28-26-23-24-27-31-37-44-51-58-65-78(2)3)76-101-105(93,94)99-72-81(88)73-100-106(95,96)102-77-83(75-98-85(90)69-62-55-48-43-36-39-46-53-60-67-80(6)7)104-87(92)71-64-57-50-42-35-30-32-38-45-52-59-66-79(4)5/h78-83,88H,8-77H2,1-7H3,(H,93,94)(H,95,96)/t81-,82-,83-/m1/s1. The Morgan fingerprint density at radius 2 is 0.434 bits per heavy atom. The fraction of sp³-hybridized carbons (Fsp3) is 0.954. The molecule has 0 saturated heterocycles. The number of phosphoric ester groups is 2. The lowest BCUT2D eigenvalue weighted by atomic mass is 10.0. The van der Waals surface area contributed by atoms with Crippen LogP contribution in [0, 0.1) is 17.8 Å². The van der Waals surface area contributed by atoms with Crippen LogP contribution in [-0.4, -0.2) is 96.7 Å². The summed E-state index contributed by atoms with van der Waals surface area (Å²) in [6.07, 6.45) is 68.1. The predicted octanol–water partition coefficient (Wildman–Crippen LogP) is 26.5. The van der Waals surface area contributed by atoms with Crippen LogP contribution in [0.3, 0.4) is 0 Å². The zero-order valence-electron chi connectivity index (χ0n) is 69.9. The lowest BCUT2D eigenvalue weighted by Gasteiger charge is -2.21. The minimum absolute atomic E-state index is 0.106. The van der Waals surface area contributed by atoms with Gasteiger partial charge in [0.05, 0.1) is 26.4 Å². The fourth-order valence-corrected chi connectivity index (χ4v) is 15.1. The normalized spacial score (nSPS) is 13.9. The van der Waals surface area contributed by atoms with Gasteiger partial charge in [0.2, 0.25) is 0 Å². The van der Waals surface area contributed by atoms with E-state index in [2.05, 4.69) is 48.5 Å². The van der Waals surface area contributed by atoms with Gasteiger partial charge in [0.15, 0.2) is 12.2 Å². The van der Waals surface area contributed by atoms with Crippen molar-refractivity contribution in [3.05, 3.63) is 0 Å². The van der Waals surface area contributed by atoms with Gasteiger partial charge in [-0.3, -0.25) is 37.3 Å². The lowest BCUT2D eigenvalue weighted by Crippen LogP contribution is -2.30. The van der Waals surface area contributed by atoms with Crippen molar-refractivity contribution in [1.29, 1.82) is 0 Å². The van der Waals surface area contributed by atoms with Crippen LogP contribution in [0.4, 0.5) is 0 Å². The Kier molecular flexibility index (Phi) is 75.6. The van der Waals surface area contributed by atoms with Crippen molar-refractivity contribution < 1.29 is 80.2 Å². The molecule has 19 heteroatoms. The van der Waals surface area contributed by atoms with E-state index < -0.39 is 97.5 Å². The molecule has 0 rings (SSSR count). The van der Waals surface area contributed by atoms with Gasteiger partial charge in [-0.15, -0.1) is 0 Å². The summed E-state index contributed by atoms with van der Waals surface area (Å²) in [5, 5.41) is 10.7. The second kappa shape index (κ2) is 77.0. The first kappa shape index (κ1) is 104. The number of carbonyl (C=O) groups is 4. The van der Waals surface area contributed by atoms with E-state index in [1.54, 1.807) is 0 Å². The van der Waals surface area contributed by atoms with Crippen LogP contribution in [-0.2, 0) is 65.4 Å². The van der Waals surface area contributed by atoms with Gasteiger partial charge in [0.1, 0.15) is 19.3 Å². The Morgan fingerprint density at radius 1 is 0.255 bits per heavy atom. The maximum Gasteiger partial charge on any atom is 0.472 e. The highest BCUT2D eigenvalue weighted by Gasteiger charge is 2.30. The van der Waals surface area contributed by atoms with E-state index in [0.29, 0.717) is 25.7 Å². The summed E-state index contributed by atoms with van der Waals surface area (Å²) in [6, 6.07) is 0. The minimum Gasteiger partial charge on any atom is -0.462 e. The van der Waals surface area contributed by atoms with Gasteiger partial charge in [-0.1, -0.05) is 408 Å². The molecule has 0 spiro atoms. The number of carbonyl (C=O) groups excluding carboxylic acids is 4. The van der Waals surface area contributed by atoms with Gasteiger partial charge in [0.25, 0.3) is 0 Å². The first-order valence-electron chi connectivity index (χ1n) is 44.8. The number of hydrogen-bond donors (Lipinski definition) is 3. The average Bonchev–Trinajstić information content (AvgIpc) is 0.900. The summed E-state index contributed by atoms with van der Waals surface area (Å²) in [4.78, 5) is 73.3. The van der Waals surface area contributed by atoms with E-state index in [1.165, 1.54) is 270 Å². The van der Waals surface area contributed by atoms with Crippen LogP contribution in [0.15, 0.2) is 0 Å². The summed E-state index contributed by atoms with van der Waals surface area (Å²) in [6.45, 7) is 12.0. The van der Waals surface area contributed by atoms with Crippen LogP contribution in [0.1, 0.15) is 459 Å². The molecule has 2 unspecified atom stereocenters. The van der Waals surface area contributed by atoms with Crippen LogP contribution < -0.4 is 0 Å². The van der Waals surface area contributed by atoms with Gasteiger partial charge < -0.3 is 33.8 Å². The molecule has 630 valence electrons. The summed E-state index contributed by atoms with van der Waals surface area (Å²) < 4.78 is 68.9. The molecule has 0 aromatic rings. The van der Waals surface area contributed by atoms with Crippen LogP contribution in [0.5, 0.6) is 0 Å². The molecular weight excluding hydrogens is 1380 g/mol. The zero-order chi connectivity index (χ0) is 77.9. The number of rotatable bonds is 85. The van der Waals surface area contributed by atoms with E-state index >= 15 is 0 Å². The fourth-order valence-electron chi connectivity index (χ4n) is 13.5. The molecule has 106 heavy (non-hydrogen) atoms. The number of aliphatic hydroxyl groups excluding tert-OH is 1. The molecule has 0 amide bonds. The maximum atomic E-state index is 13.2. The van der Waals surface area contributed by atoms with Gasteiger partial charge in [-0.05, 0) is 43.4 Å². The maximum absolute atomic E-state index is 13.2. The number of esters is 4. The minimum atomic E-state index is -4.97. The van der Waals surface area contributed by atoms with Crippen molar-refractivity contribution in [2.45, 2.75) is 478 Å². The topological polar surface area (TPSA) is 237 Å². The monoisotopic (exact) mass is 1550 g/mol. The van der Waals surface area contributed by atoms with E-state index in [4.69, 9.17) is 37.0 Å². The molecule has 0 aromatic heterocycles. The molecule has 3 N–H and O–H groups in total. The zero-order valence-corrected chi connectivity index (χ0v) is 71.7. The molecule has 0 saturated carbocycles. The van der Waals surface area contributed by atoms with Crippen molar-refractivity contribution >= 4 is 39.5 Å². The Hall–Kier alpha value is -1.94. The van der Waals surface area contributed by atoms with Gasteiger partial charge in [-0.25, -0.2) is 9.13 Å². The molecule has 0 fully saturated rings. The second-order valence-electron chi connectivity index (χ2n) is 32.7. The first-order valence-corrected chi connectivity index (χ1v) is 47.8. The molecule has 0 aliphatic carbocycles. The Balaban J connectivity index is 5.24. The van der Waals surface area contributed by atoms with Crippen LogP contribution >= 0.6 is 15.6 Å². The summed E-state index contributed by atoms with van der Waals surface area (Å²) in [7, 11) is -9.93. The van der Waals surface area contributed by atoms with E-state index in [1.807, 2.05) is 0 Å². The van der Waals surface area contributed by atoms with Crippen LogP contribution in [0.2, 0.25) is 0 Å². The molecule has 0 heterocycles. The molecule has 0 bridgehead atoms. The van der Waals surface area contributed by atoms with Crippen molar-refractivity contribution in [2.75, 3.05) is 39.6 Å². The number of unbranched alkanes of at least 4 members (excludes halogenated alkanes) is 53. The number of aliphatic hydroxyl groups is 1. The average molecular weight is 1550 g/mol. The smallest absolute Gasteiger partial charge is 0.462 e. The SMILES string of the molecule is CCCCCCCCCCCCCCCCCCCCCCCCC(=O)O[C@H](COC(=O)CCCCCCCCCCCCCCCCCC(C)C)COP(=O)(O)OC[C@@H](O)COP(=O)(O)OC[C@@H](COC(=O)CCCCCCCCCCCC(C)C)OC(=O)CCCCCCCCCCCCCC(C)C. The van der Waals surface area contributed by atoms with Gasteiger partial charge >= 0.3 is 39.5 Å². The van der Waals surface area contributed by atoms with Crippen LogP contribution in [0.25, 0.3) is 0 Å². The molecule has 0 aromatic carbocycles. The molecule has 5 atom stereocenters. The number of hydrogen-bond acceptors (Lipinski definition) is 15. The predicted molar refractivity (Wildman–Crippen MR) is 437 cm³/mol. The largest absolute Gasteiger partial charge is 0.472 e. The lowest BCUT2D eigenvalue weighted by molar-refractivity contribution is -0.161. The molecular formula is C87H170O17P2. The summed E-state index contributed by atoms with van der Waals surface area (Å²) in [5.74, 6) is 0.211. The Morgan fingerprint density at radius 3 is 0.642 bits per heavy atom. The van der Waals surface area contributed by atoms with Crippen molar-refractivity contribution in [3.63, 3.8) is 0 Å². The summed E-state index contributed by atoms with van der Waals surface area (Å²) in [5.41, 5.74) is 0. The highest BCUT2D eigenvalue weighted by molar-refractivity contribution is 7.47. The molecule has 17 nitrogen and oxygen atoms in total. The Labute approximate surface area is 651 Å². The third kappa shape index (κ3) is 80.1. The van der Waals surface area contributed by atoms with Gasteiger partial charge in [-0.2, -0.15) is 0 Å². The van der Waals surface area contributed by atoms with E-state index in [0.717, 1.165) is 108 Å². The van der Waals surface area contributed by atoms with Gasteiger partial charge in [0, 0.05) is 25.7 Å². The quantitative estimate of drug-likeness (QED) is 0.0222. The van der Waals surface area contributed by atoms with E-state index in [9.17, 15) is 43.2 Å². The molecule has 0 aliphatic heterocycles. The van der Waals surface area contributed by atoms with Crippen molar-refractivity contribution in [2.24, 2.45) is 17.8 Å². The Bertz CT molecular complexity index is 2040. The molecule has 0 aliphatic rings. The van der Waals surface area contributed by atoms with E-state index in [-0.39, 0.29) is 25.7 Å².